The molecule has 10 heavy (non-hydrogen) atoms. The van der Waals surface area contributed by atoms with Crippen molar-refractivity contribution in [1.29, 1.82) is 0 Å². The fourth-order valence-corrected chi connectivity index (χ4v) is 1.28. The molecule has 1 unspecified atom stereocenters. The first-order valence-corrected chi connectivity index (χ1v) is 4.13. The summed E-state index contributed by atoms with van der Waals surface area (Å²) in [5.41, 5.74) is 0. The summed E-state index contributed by atoms with van der Waals surface area (Å²) < 4.78 is 5.23. The fourth-order valence-electron chi connectivity index (χ4n) is 1.28. The number of hydrogen-bond acceptors (Lipinski definition) is 2. The van der Waals surface area contributed by atoms with Crippen molar-refractivity contribution < 1.29 is 9.84 Å². The molecule has 1 heterocycles. The number of aliphatic hydroxyl groups is 1. The summed E-state index contributed by atoms with van der Waals surface area (Å²) in [7, 11) is 0. The standard InChI is InChI=1S/C8H16O2/c1-3-5-6(9)8-7(4-2)10-8/h6-9H,3-5H2,1-2H3/t6-,7+,8?/m0/s1. The Bertz CT molecular complexity index is 103. The maximum Gasteiger partial charge on any atom is 0.110 e. The maximum atomic E-state index is 9.37. The van der Waals surface area contributed by atoms with Gasteiger partial charge in [-0.15, -0.1) is 0 Å². The molecule has 1 N–H and O–H groups in total. The molecule has 0 aromatic rings. The minimum absolute atomic E-state index is 0.157. The second-order valence-electron chi connectivity index (χ2n) is 2.90. The van der Waals surface area contributed by atoms with E-state index in [1.807, 2.05) is 0 Å². The van der Waals surface area contributed by atoms with Crippen molar-refractivity contribution in [3.63, 3.8) is 0 Å². The van der Waals surface area contributed by atoms with E-state index < -0.39 is 0 Å². The summed E-state index contributed by atoms with van der Waals surface area (Å²) in [6.07, 6.45) is 3.24. The molecule has 2 nitrogen and oxygen atoms in total. The number of epoxide rings is 1. The summed E-state index contributed by atoms with van der Waals surface area (Å²) in [6, 6.07) is 0. The van der Waals surface area contributed by atoms with Crippen molar-refractivity contribution in [3.8, 4) is 0 Å². The van der Waals surface area contributed by atoms with Gasteiger partial charge in [0.05, 0.1) is 12.2 Å². The van der Waals surface area contributed by atoms with Crippen LogP contribution in [0.1, 0.15) is 33.1 Å². The topological polar surface area (TPSA) is 32.8 Å². The normalized spacial score (nSPS) is 33.9. The Labute approximate surface area is 62.2 Å². The second-order valence-corrected chi connectivity index (χ2v) is 2.90. The molecular weight excluding hydrogens is 128 g/mol. The highest BCUT2D eigenvalue weighted by molar-refractivity contribution is 4.89. The summed E-state index contributed by atoms with van der Waals surface area (Å²) >= 11 is 0. The smallest absolute Gasteiger partial charge is 0.110 e. The lowest BCUT2D eigenvalue weighted by Crippen LogP contribution is -2.15. The first-order valence-electron chi connectivity index (χ1n) is 4.13. The average Bonchev–Trinajstić information content (AvgIpc) is 2.66. The molecule has 0 radical (unpaired) electrons. The van der Waals surface area contributed by atoms with Crippen molar-refractivity contribution in [1.82, 2.24) is 0 Å². The number of hydrogen-bond donors (Lipinski definition) is 1. The van der Waals surface area contributed by atoms with E-state index in [0.29, 0.717) is 6.10 Å². The number of ether oxygens (including phenoxy) is 1. The van der Waals surface area contributed by atoms with Crippen LogP contribution in [0.3, 0.4) is 0 Å². The molecule has 0 spiro atoms. The molecule has 60 valence electrons. The zero-order valence-corrected chi connectivity index (χ0v) is 6.71. The van der Waals surface area contributed by atoms with Crippen LogP contribution in [0.2, 0.25) is 0 Å². The van der Waals surface area contributed by atoms with Gasteiger partial charge < -0.3 is 9.84 Å². The van der Waals surface area contributed by atoms with Crippen molar-refractivity contribution >= 4 is 0 Å². The van der Waals surface area contributed by atoms with Crippen LogP contribution >= 0.6 is 0 Å². The van der Waals surface area contributed by atoms with Gasteiger partial charge in [-0.3, -0.25) is 0 Å². The van der Waals surface area contributed by atoms with E-state index in [2.05, 4.69) is 13.8 Å². The lowest BCUT2D eigenvalue weighted by Gasteiger charge is -2.03. The number of rotatable bonds is 4. The highest BCUT2D eigenvalue weighted by Crippen LogP contribution is 2.29. The Kier molecular flexibility index (Phi) is 2.69. The predicted octanol–water partition coefficient (Wildman–Crippen LogP) is 1.32. The summed E-state index contributed by atoms with van der Waals surface area (Å²) in [5.74, 6) is 0. The molecule has 0 amide bonds. The third kappa shape index (κ3) is 1.70. The van der Waals surface area contributed by atoms with Gasteiger partial charge in [-0.05, 0) is 12.8 Å². The van der Waals surface area contributed by atoms with E-state index in [9.17, 15) is 5.11 Å². The lowest BCUT2D eigenvalue weighted by molar-refractivity contribution is 0.126. The van der Waals surface area contributed by atoms with Crippen LogP contribution < -0.4 is 0 Å². The van der Waals surface area contributed by atoms with Gasteiger partial charge in [-0.1, -0.05) is 20.3 Å². The monoisotopic (exact) mass is 144 g/mol. The van der Waals surface area contributed by atoms with Gasteiger partial charge in [-0.25, -0.2) is 0 Å². The Morgan fingerprint density at radius 1 is 1.50 bits per heavy atom. The molecule has 0 aliphatic carbocycles. The summed E-state index contributed by atoms with van der Waals surface area (Å²) in [6.45, 7) is 4.16. The molecule has 0 bridgehead atoms. The maximum absolute atomic E-state index is 9.37. The first-order chi connectivity index (χ1) is 4.79. The van der Waals surface area contributed by atoms with E-state index in [4.69, 9.17) is 4.74 Å². The minimum atomic E-state index is -0.213. The highest BCUT2D eigenvalue weighted by Gasteiger charge is 2.41. The molecule has 1 rings (SSSR count). The fraction of sp³-hybridized carbons (Fsp3) is 1.00. The molecule has 0 aromatic heterocycles. The molecule has 3 atom stereocenters. The predicted molar refractivity (Wildman–Crippen MR) is 39.9 cm³/mol. The van der Waals surface area contributed by atoms with Gasteiger partial charge in [0.2, 0.25) is 0 Å². The van der Waals surface area contributed by atoms with Gasteiger partial charge >= 0.3 is 0 Å². The van der Waals surface area contributed by atoms with Crippen LogP contribution in [0.15, 0.2) is 0 Å². The lowest BCUT2D eigenvalue weighted by atomic mass is 10.1. The quantitative estimate of drug-likeness (QED) is 0.604. The van der Waals surface area contributed by atoms with Crippen molar-refractivity contribution in [3.05, 3.63) is 0 Å². The van der Waals surface area contributed by atoms with Gasteiger partial charge in [0.15, 0.2) is 0 Å². The average molecular weight is 144 g/mol. The zero-order valence-electron chi connectivity index (χ0n) is 6.71. The summed E-state index contributed by atoms with van der Waals surface area (Å²) in [5, 5.41) is 9.37. The van der Waals surface area contributed by atoms with Crippen LogP contribution in [0, 0.1) is 0 Å². The van der Waals surface area contributed by atoms with E-state index in [1.54, 1.807) is 0 Å². The highest BCUT2D eigenvalue weighted by atomic mass is 16.6. The third-order valence-electron chi connectivity index (χ3n) is 1.99. The SMILES string of the molecule is CCC[C@H](O)C1O[C@@H]1CC. The van der Waals surface area contributed by atoms with Gasteiger partial charge in [0, 0.05) is 0 Å². The van der Waals surface area contributed by atoms with Crippen LogP contribution in [0.25, 0.3) is 0 Å². The minimum Gasteiger partial charge on any atom is -0.390 e. The Hall–Kier alpha value is -0.0800. The number of aliphatic hydroxyl groups excluding tert-OH is 1. The van der Waals surface area contributed by atoms with E-state index in [0.717, 1.165) is 19.3 Å². The Morgan fingerprint density at radius 2 is 2.20 bits per heavy atom. The van der Waals surface area contributed by atoms with Gasteiger partial charge in [0.1, 0.15) is 6.10 Å². The summed E-state index contributed by atoms with van der Waals surface area (Å²) in [4.78, 5) is 0. The van der Waals surface area contributed by atoms with Crippen molar-refractivity contribution in [2.24, 2.45) is 0 Å². The van der Waals surface area contributed by atoms with Gasteiger partial charge in [-0.2, -0.15) is 0 Å². The molecule has 0 saturated carbocycles. The molecule has 1 saturated heterocycles. The molecule has 1 aliphatic heterocycles. The van der Waals surface area contributed by atoms with Gasteiger partial charge in [0.25, 0.3) is 0 Å². The van der Waals surface area contributed by atoms with Crippen LogP contribution in [0.4, 0.5) is 0 Å². The largest absolute Gasteiger partial charge is 0.390 e. The molecular formula is C8H16O2. The third-order valence-corrected chi connectivity index (χ3v) is 1.99. The molecule has 1 aliphatic rings. The van der Waals surface area contributed by atoms with Crippen molar-refractivity contribution in [2.75, 3.05) is 0 Å². The first kappa shape index (κ1) is 8.02. The van der Waals surface area contributed by atoms with Crippen LogP contribution in [-0.4, -0.2) is 23.4 Å². The Morgan fingerprint density at radius 3 is 2.60 bits per heavy atom. The Balaban J connectivity index is 2.12. The van der Waals surface area contributed by atoms with E-state index in [1.165, 1.54) is 0 Å². The van der Waals surface area contributed by atoms with Crippen LogP contribution in [0.5, 0.6) is 0 Å². The zero-order chi connectivity index (χ0) is 7.56. The molecule has 0 aromatic carbocycles. The second kappa shape index (κ2) is 3.35. The van der Waals surface area contributed by atoms with E-state index >= 15 is 0 Å². The van der Waals surface area contributed by atoms with E-state index in [-0.39, 0.29) is 12.2 Å². The van der Waals surface area contributed by atoms with Crippen molar-refractivity contribution in [2.45, 2.75) is 51.4 Å². The molecule has 1 fully saturated rings. The van der Waals surface area contributed by atoms with Crippen LogP contribution in [-0.2, 0) is 4.74 Å². The molecule has 2 heteroatoms.